The second-order valence-corrected chi connectivity index (χ2v) is 4.19. The first-order chi connectivity index (χ1) is 7.24. The first kappa shape index (κ1) is 10.6. The van der Waals surface area contributed by atoms with Crippen LogP contribution in [-0.2, 0) is 0 Å². The number of aromatic nitrogens is 2. The molecule has 4 nitrogen and oxygen atoms in total. The normalized spacial score (nSPS) is 21.3. The minimum Gasteiger partial charge on any atom is -0.366 e. The van der Waals surface area contributed by atoms with Gasteiger partial charge in [0.2, 0.25) is 5.28 Å². The van der Waals surface area contributed by atoms with Crippen molar-refractivity contribution >= 4 is 17.4 Å². The van der Waals surface area contributed by atoms with Crippen molar-refractivity contribution in [1.82, 2.24) is 15.3 Å². The molecule has 0 saturated carbocycles. The average Bonchev–Trinajstić information content (AvgIpc) is 2.17. The minimum absolute atomic E-state index is 0.307. The number of rotatable bonds is 2. The van der Waals surface area contributed by atoms with Gasteiger partial charge in [0.25, 0.3) is 0 Å². The Balaban J connectivity index is 2.02. The summed E-state index contributed by atoms with van der Waals surface area (Å²) in [6, 6.07) is 2.37. The molecule has 2 N–H and O–H groups in total. The maximum absolute atomic E-state index is 5.79. The fourth-order valence-electron chi connectivity index (χ4n) is 1.79. The van der Waals surface area contributed by atoms with E-state index in [1.54, 1.807) is 0 Å². The van der Waals surface area contributed by atoms with Crippen LogP contribution in [0.2, 0.25) is 5.28 Å². The van der Waals surface area contributed by atoms with Crippen LogP contribution in [0.1, 0.15) is 18.5 Å². The molecule has 1 fully saturated rings. The first-order valence-corrected chi connectivity index (χ1v) is 5.60. The van der Waals surface area contributed by atoms with Gasteiger partial charge in [0.15, 0.2) is 0 Å². The number of nitrogens with zero attached hydrogens (tertiary/aromatic N) is 2. The van der Waals surface area contributed by atoms with Gasteiger partial charge in [-0.1, -0.05) is 0 Å². The van der Waals surface area contributed by atoms with Crippen molar-refractivity contribution in [2.24, 2.45) is 0 Å². The van der Waals surface area contributed by atoms with Crippen LogP contribution in [0.5, 0.6) is 0 Å². The fraction of sp³-hybridized carbons (Fsp3) is 0.600. The predicted octanol–water partition coefficient (Wildman–Crippen LogP) is 1.60. The van der Waals surface area contributed by atoms with Gasteiger partial charge in [-0.3, -0.25) is 0 Å². The lowest BCUT2D eigenvalue weighted by Crippen LogP contribution is -2.38. The van der Waals surface area contributed by atoms with Gasteiger partial charge in [-0.2, -0.15) is 0 Å². The smallest absolute Gasteiger partial charge is 0.224 e. The zero-order valence-electron chi connectivity index (χ0n) is 8.76. The molecule has 1 saturated heterocycles. The molecule has 0 aromatic carbocycles. The second-order valence-electron chi connectivity index (χ2n) is 3.85. The zero-order chi connectivity index (χ0) is 10.7. The molecule has 1 unspecified atom stereocenters. The lowest BCUT2D eigenvalue weighted by atomic mass is 10.1. The van der Waals surface area contributed by atoms with Gasteiger partial charge in [-0.05, 0) is 37.9 Å². The van der Waals surface area contributed by atoms with E-state index >= 15 is 0 Å². The quantitative estimate of drug-likeness (QED) is 0.753. The van der Waals surface area contributed by atoms with E-state index in [9.17, 15) is 0 Å². The molecule has 0 bridgehead atoms. The molecule has 0 radical (unpaired) electrons. The molecule has 1 aromatic heterocycles. The Morgan fingerprint density at radius 3 is 3.07 bits per heavy atom. The summed E-state index contributed by atoms with van der Waals surface area (Å²) in [7, 11) is 0. The molecule has 0 amide bonds. The van der Waals surface area contributed by atoms with E-state index in [1.807, 2.05) is 13.0 Å². The summed E-state index contributed by atoms with van der Waals surface area (Å²) in [5.74, 6) is 0.821. The Bertz CT molecular complexity index is 316. The standard InChI is InChI=1S/C10H15ClN4/c1-7-5-9(15-10(11)13-7)14-8-3-2-4-12-6-8/h5,8,12H,2-4,6H2,1H3,(H,13,14,15). The van der Waals surface area contributed by atoms with Crippen molar-refractivity contribution in [1.29, 1.82) is 0 Å². The molecular weight excluding hydrogens is 212 g/mol. The summed E-state index contributed by atoms with van der Waals surface area (Å²) in [6.07, 6.45) is 2.38. The highest BCUT2D eigenvalue weighted by atomic mass is 35.5. The first-order valence-electron chi connectivity index (χ1n) is 5.22. The largest absolute Gasteiger partial charge is 0.366 e. The van der Waals surface area contributed by atoms with Gasteiger partial charge >= 0.3 is 0 Å². The Labute approximate surface area is 94.5 Å². The van der Waals surface area contributed by atoms with Gasteiger partial charge in [0, 0.05) is 24.3 Å². The molecule has 1 atom stereocenters. The van der Waals surface area contributed by atoms with Crippen LogP contribution in [0.15, 0.2) is 6.07 Å². The van der Waals surface area contributed by atoms with Gasteiger partial charge in [-0.25, -0.2) is 9.97 Å². The molecular formula is C10H15ClN4. The van der Waals surface area contributed by atoms with Crippen molar-refractivity contribution in [3.8, 4) is 0 Å². The van der Waals surface area contributed by atoms with Crippen molar-refractivity contribution in [3.63, 3.8) is 0 Å². The van der Waals surface area contributed by atoms with Crippen LogP contribution in [-0.4, -0.2) is 29.1 Å². The molecule has 15 heavy (non-hydrogen) atoms. The maximum Gasteiger partial charge on any atom is 0.224 e. The highest BCUT2D eigenvalue weighted by Crippen LogP contribution is 2.13. The molecule has 1 aliphatic rings. The molecule has 2 heterocycles. The third-order valence-corrected chi connectivity index (χ3v) is 2.64. The zero-order valence-corrected chi connectivity index (χ0v) is 9.51. The van der Waals surface area contributed by atoms with E-state index in [1.165, 1.54) is 12.8 Å². The number of piperidine rings is 1. The van der Waals surface area contributed by atoms with E-state index in [-0.39, 0.29) is 0 Å². The monoisotopic (exact) mass is 226 g/mol. The molecule has 5 heteroatoms. The summed E-state index contributed by atoms with van der Waals surface area (Å²) >= 11 is 5.79. The molecule has 1 aliphatic heterocycles. The van der Waals surface area contributed by atoms with E-state index in [0.717, 1.165) is 24.6 Å². The van der Waals surface area contributed by atoms with Crippen LogP contribution in [0.4, 0.5) is 5.82 Å². The van der Waals surface area contributed by atoms with Crippen molar-refractivity contribution in [2.75, 3.05) is 18.4 Å². The third kappa shape index (κ3) is 3.04. The van der Waals surface area contributed by atoms with E-state index in [4.69, 9.17) is 11.6 Å². The lowest BCUT2D eigenvalue weighted by molar-refractivity contribution is 0.479. The third-order valence-electron chi connectivity index (χ3n) is 2.48. The van der Waals surface area contributed by atoms with Crippen LogP contribution in [0.25, 0.3) is 0 Å². The summed E-state index contributed by atoms with van der Waals surface area (Å²) in [6.45, 7) is 4.01. The van der Waals surface area contributed by atoms with E-state index in [0.29, 0.717) is 11.3 Å². The Hall–Kier alpha value is -0.870. The van der Waals surface area contributed by atoms with Gasteiger partial charge in [0.1, 0.15) is 5.82 Å². The molecule has 0 spiro atoms. The highest BCUT2D eigenvalue weighted by Gasteiger charge is 2.13. The predicted molar refractivity (Wildman–Crippen MR) is 61.3 cm³/mol. The van der Waals surface area contributed by atoms with E-state index in [2.05, 4.69) is 20.6 Å². The minimum atomic E-state index is 0.307. The molecule has 82 valence electrons. The van der Waals surface area contributed by atoms with Crippen LogP contribution in [0, 0.1) is 6.92 Å². The maximum atomic E-state index is 5.79. The van der Waals surface area contributed by atoms with Crippen molar-refractivity contribution < 1.29 is 0 Å². The number of hydrogen-bond acceptors (Lipinski definition) is 4. The summed E-state index contributed by atoms with van der Waals surface area (Å²) < 4.78 is 0. The molecule has 0 aliphatic carbocycles. The fourth-order valence-corrected chi connectivity index (χ4v) is 2.01. The SMILES string of the molecule is Cc1cc(NC2CCCNC2)nc(Cl)n1. The number of hydrogen-bond donors (Lipinski definition) is 2. The number of halogens is 1. The van der Waals surface area contributed by atoms with Crippen LogP contribution < -0.4 is 10.6 Å². The lowest BCUT2D eigenvalue weighted by Gasteiger charge is -2.24. The van der Waals surface area contributed by atoms with E-state index < -0.39 is 0 Å². The van der Waals surface area contributed by atoms with Crippen molar-refractivity contribution in [3.05, 3.63) is 17.0 Å². The molecule has 2 rings (SSSR count). The Kier molecular flexibility index (Phi) is 3.38. The number of nitrogens with one attached hydrogen (secondary N) is 2. The van der Waals surface area contributed by atoms with Crippen LogP contribution in [0.3, 0.4) is 0 Å². The summed E-state index contributed by atoms with van der Waals surface area (Å²) in [4.78, 5) is 8.17. The molecule has 1 aromatic rings. The topological polar surface area (TPSA) is 49.8 Å². The second kappa shape index (κ2) is 4.77. The Morgan fingerprint density at radius 2 is 2.40 bits per heavy atom. The summed E-state index contributed by atoms with van der Waals surface area (Å²) in [5, 5.41) is 7.02. The van der Waals surface area contributed by atoms with Gasteiger partial charge in [0.05, 0.1) is 0 Å². The number of aryl methyl sites for hydroxylation is 1. The number of anilines is 1. The summed E-state index contributed by atoms with van der Waals surface area (Å²) in [5.41, 5.74) is 0.890. The average molecular weight is 227 g/mol. The van der Waals surface area contributed by atoms with Crippen LogP contribution >= 0.6 is 11.6 Å². The Morgan fingerprint density at radius 1 is 1.53 bits per heavy atom. The highest BCUT2D eigenvalue weighted by molar-refractivity contribution is 6.28. The van der Waals surface area contributed by atoms with Crippen molar-refractivity contribution in [2.45, 2.75) is 25.8 Å². The van der Waals surface area contributed by atoms with Gasteiger partial charge in [-0.15, -0.1) is 0 Å². The van der Waals surface area contributed by atoms with Gasteiger partial charge < -0.3 is 10.6 Å².